The Morgan fingerprint density at radius 2 is 1.88 bits per heavy atom. The van der Waals surface area contributed by atoms with E-state index in [1.165, 1.54) is 0 Å². The minimum Gasteiger partial charge on any atom is -0.483 e. The molecule has 1 amide bonds. The quantitative estimate of drug-likeness (QED) is 0.785. The highest BCUT2D eigenvalue weighted by atomic mass is 16.5. The minimum atomic E-state index is -0.349. The summed E-state index contributed by atoms with van der Waals surface area (Å²) in [7, 11) is 0. The second kappa shape index (κ2) is 6.68. The van der Waals surface area contributed by atoms with Gasteiger partial charge in [0.25, 0.3) is 5.91 Å². The van der Waals surface area contributed by atoms with Crippen LogP contribution in [0.1, 0.15) is 40.7 Å². The number of fused-ring (bicyclic) bond motifs is 1. The van der Waals surface area contributed by atoms with Crippen molar-refractivity contribution in [2.24, 2.45) is 0 Å². The maximum absolute atomic E-state index is 12.9. The number of amides is 1. The molecule has 130 valence electrons. The lowest BCUT2D eigenvalue weighted by molar-refractivity contribution is 0.0730. The fraction of sp³-hybridized carbons (Fsp3) is 0.273. The Bertz CT molecular complexity index is 912. The normalized spacial score (nSPS) is 21.4. The maximum atomic E-state index is 12.9. The standard InChI is InChI=1S/C22H20N2O2/c23-16-18-7-1-3-8-19(18)21(25)24-14-5-11-22(13-15-24)12-10-17-6-2-4-9-20(17)26-22/h1-4,6-10,12H,5,11,13-15H2/t22-/m0/s1. The van der Waals surface area contributed by atoms with Gasteiger partial charge < -0.3 is 9.64 Å². The minimum absolute atomic E-state index is 0.0700. The number of hydrogen-bond acceptors (Lipinski definition) is 3. The van der Waals surface area contributed by atoms with Crippen LogP contribution in [0.5, 0.6) is 5.75 Å². The molecule has 0 radical (unpaired) electrons. The lowest BCUT2D eigenvalue weighted by atomic mass is 9.91. The van der Waals surface area contributed by atoms with Crippen molar-refractivity contribution >= 4 is 12.0 Å². The maximum Gasteiger partial charge on any atom is 0.255 e. The van der Waals surface area contributed by atoms with Crippen LogP contribution in [0.4, 0.5) is 0 Å². The molecular weight excluding hydrogens is 324 g/mol. The topological polar surface area (TPSA) is 53.3 Å². The fourth-order valence-corrected chi connectivity index (χ4v) is 3.75. The van der Waals surface area contributed by atoms with Gasteiger partial charge in [0.15, 0.2) is 0 Å². The molecule has 2 aliphatic heterocycles. The van der Waals surface area contributed by atoms with Crippen LogP contribution < -0.4 is 4.74 Å². The van der Waals surface area contributed by atoms with E-state index in [9.17, 15) is 10.1 Å². The molecule has 0 saturated carbocycles. The monoisotopic (exact) mass is 344 g/mol. The molecular formula is C22H20N2O2. The largest absolute Gasteiger partial charge is 0.483 e. The third-order valence-corrected chi connectivity index (χ3v) is 5.20. The molecule has 1 spiro atoms. The Kier molecular flexibility index (Phi) is 4.22. The van der Waals surface area contributed by atoms with Gasteiger partial charge in [-0.25, -0.2) is 0 Å². The fourth-order valence-electron chi connectivity index (χ4n) is 3.75. The Morgan fingerprint density at radius 3 is 2.77 bits per heavy atom. The molecule has 0 unspecified atom stereocenters. The van der Waals surface area contributed by atoms with Crippen LogP contribution in [0, 0.1) is 11.3 Å². The van der Waals surface area contributed by atoms with Crippen LogP contribution in [0.3, 0.4) is 0 Å². The Labute approximate surface area is 153 Å². The van der Waals surface area contributed by atoms with Gasteiger partial charge in [0.1, 0.15) is 11.4 Å². The predicted molar refractivity (Wildman–Crippen MR) is 99.7 cm³/mol. The van der Waals surface area contributed by atoms with E-state index >= 15 is 0 Å². The van der Waals surface area contributed by atoms with E-state index in [0.29, 0.717) is 24.2 Å². The van der Waals surface area contributed by atoms with Gasteiger partial charge in [0, 0.05) is 25.1 Å². The van der Waals surface area contributed by atoms with E-state index in [-0.39, 0.29) is 11.5 Å². The SMILES string of the molecule is N#Cc1ccccc1C(=O)N1CCC[C@]2(C=Cc3ccccc3O2)CC1. The van der Waals surface area contributed by atoms with Crippen molar-refractivity contribution in [2.45, 2.75) is 24.9 Å². The summed E-state index contributed by atoms with van der Waals surface area (Å²) in [4.78, 5) is 14.8. The summed E-state index contributed by atoms with van der Waals surface area (Å²) >= 11 is 0. The molecule has 2 aromatic rings. The molecule has 0 aliphatic carbocycles. The number of rotatable bonds is 1. The van der Waals surface area contributed by atoms with Gasteiger partial charge in [0.05, 0.1) is 17.2 Å². The van der Waals surface area contributed by atoms with E-state index in [2.05, 4.69) is 18.2 Å². The van der Waals surface area contributed by atoms with Crippen molar-refractivity contribution in [3.8, 4) is 11.8 Å². The summed E-state index contributed by atoms with van der Waals surface area (Å²) in [5.74, 6) is 0.837. The van der Waals surface area contributed by atoms with Crippen molar-refractivity contribution in [2.75, 3.05) is 13.1 Å². The number of hydrogen-bond donors (Lipinski definition) is 0. The third kappa shape index (κ3) is 2.97. The molecule has 0 aromatic heterocycles. The average molecular weight is 344 g/mol. The summed E-state index contributed by atoms with van der Waals surface area (Å²) in [6.07, 6.45) is 6.76. The zero-order valence-corrected chi connectivity index (χ0v) is 14.5. The van der Waals surface area contributed by atoms with Gasteiger partial charge in [-0.05, 0) is 37.1 Å². The molecule has 2 aliphatic rings. The first-order valence-electron chi connectivity index (χ1n) is 8.96. The van der Waals surface area contributed by atoms with Gasteiger partial charge in [-0.2, -0.15) is 5.26 Å². The highest BCUT2D eigenvalue weighted by molar-refractivity contribution is 5.96. The highest BCUT2D eigenvalue weighted by Gasteiger charge is 2.36. The van der Waals surface area contributed by atoms with Gasteiger partial charge in [-0.1, -0.05) is 36.4 Å². The lowest BCUT2D eigenvalue weighted by Gasteiger charge is -2.34. The van der Waals surface area contributed by atoms with Gasteiger partial charge in [-0.15, -0.1) is 0 Å². The molecule has 26 heavy (non-hydrogen) atoms. The van der Waals surface area contributed by atoms with Gasteiger partial charge >= 0.3 is 0 Å². The van der Waals surface area contributed by atoms with E-state index < -0.39 is 0 Å². The van der Waals surface area contributed by atoms with Crippen LogP contribution in [0.2, 0.25) is 0 Å². The number of carbonyl (C=O) groups is 1. The molecule has 0 N–H and O–H groups in total. The molecule has 1 saturated heterocycles. The zero-order chi connectivity index (χ0) is 18.0. The number of ether oxygens (including phenoxy) is 1. The Balaban J connectivity index is 1.53. The number of likely N-dealkylation sites (tertiary alicyclic amines) is 1. The number of nitriles is 1. The molecule has 1 fully saturated rings. The number of para-hydroxylation sites is 1. The first kappa shape index (κ1) is 16.4. The van der Waals surface area contributed by atoms with Crippen LogP contribution >= 0.6 is 0 Å². The third-order valence-electron chi connectivity index (χ3n) is 5.20. The second-order valence-electron chi connectivity index (χ2n) is 6.84. The summed E-state index contributed by atoms with van der Waals surface area (Å²) < 4.78 is 6.34. The first-order chi connectivity index (χ1) is 12.7. The van der Waals surface area contributed by atoms with Crippen LogP contribution in [0.15, 0.2) is 54.6 Å². The lowest BCUT2D eigenvalue weighted by Crippen LogP contribution is -2.38. The first-order valence-corrected chi connectivity index (χ1v) is 8.96. The second-order valence-corrected chi connectivity index (χ2v) is 6.84. The smallest absolute Gasteiger partial charge is 0.255 e. The Morgan fingerprint density at radius 1 is 1.08 bits per heavy atom. The van der Waals surface area contributed by atoms with Crippen molar-refractivity contribution in [1.82, 2.24) is 4.90 Å². The summed E-state index contributed by atoms with van der Waals surface area (Å²) in [5.41, 5.74) is 1.66. The van der Waals surface area contributed by atoms with Crippen molar-refractivity contribution in [3.63, 3.8) is 0 Å². The number of carbonyl (C=O) groups excluding carboxylic acids is 1. The molecule has 2 heterocycles. The predicted octanol–water partition coefficient (Wildman–Crippen LogP) is 4.03. The molecule has 2 aromatic carbocycles. The summed E-state index contributed by atoms with van der Waals surface area (Å²) in [5, 5.41) is 9.26. The van der Waals surface area contributed by atoms with Gasteiger partial charge in [0.2, 0.25) is 0 Å². The van der Waals surface area contributed by atoms with Crippen LogP contribution in [-0.2, 0) is 0 Å². The van der Waals surface area contributed by atoms with Crippen molar-refractivity contribution in [3.05, 3.63) is 71.3 Å². The van der Waals surface area contributed by atoms with E-state index in [0.717, 1.165) is 30.6 Å². The molecule has 0 bridgehead atoms. The van der Waals surface area contributed by atoms with E-state index in [1.807, 2.05) is 29.2 Å². The van der Waals surface area contributed by atoms with E-state index in [4.69, 9.17) is 4.74 Å². The van der Waals surface area contributed by atoms with Crippen LogP contribution in [0.25, 0.3) is 6.08 Å². The number of nitrogens with zero attached hydrogens (tertiary/aromatic N) is 2. The van der Waals surface area contributed by atoms with E-state index in [1.54, 1.807) is 24.3 Å². The number of benzene rings is 2. The van der Waals surface area contributed by atoms with Crippen molar-refractivity contribution in [1.29, 1.82) is 5.26 Å². The Hall–Kier alpha value is -3.06. The van der Waals surface area contributed by atoms with Gasteiger partial charge in [-0.3, -0.25) is 4.79 Å². The van der Waals surface area contributed by atoms with Crippen molar-refractivity contribution < 1.29 is 9.53 Å². The molecule has 4 rings (SSSR count). The molecule has 4 heteroatoms. The highest BCUT2D eigenvalue weighted by Crippen LogP contribution is 2.37. The van der Waals surface area contributed by atoms with Crippen LogP contribution in [-0.4, -0.2) is 29.5 Å². The zero-order valence-electron chi connectivity index (χ0n) is 14.5. The summed E-state index contributed by atoms with van der Waals surface area (Å²) in [6, 6.07) is 17.2. The summed E-state index contributed by atoms with van der Waals surface area (Å²) in [6.45, 7) is 1.30. The molecule has 4 nitrogen and oxygen atoms in total. The average Bonchev–Trinajstić information content (AvgIpc) is 2.90. The molecule has 1 atom stereocenters.